The normalized spacial score (nSPS) is 3.12. The molecule has 0 aromatic carbocycles. The summed E-state index contributed by atoms with van der Waals surface area (Å²) in [6.45, 7) is 1.08. The molecule has 0 atom stereocenters. The zero-order valence-corrected chi connectivity index (χ0v) is 5.39. The Balaban J connectivity index is -0.00000000750. The molecule has 0 spiro atoms. The first-order valence-electron chi connectivity index (χ1n) is 0.928. The van der Waals surface area contributed by atoms with Gasteiger partial charge in [0.2, 0.25) is 0 Å². The number of aliphatic carboxylic acids is 1. The molecule has 5 nitrogen and oxygen atoms in total. The Morgan fingerprint density at radius 1 is 1.50 bits per heavy atom. The van der Waals surface area contributed by atoms with Gasteiger partial charge in [-0.15, -0.1) is 0 Å². The Labute approximate surface area is 57.4 Å². The third-order valence-corrected chi connectivity index (χ3v) is 0. The predicted molar refractivity (Wildman–Crippen MR) is 19.5 cm³/mol. The molecule has 0 aromatic heterocycles. The third-order valence-electron chi connectivity index (χ3n) is 0. The van der Waals surface area contributed by atoms with Crippen molar-refractivity contribution in [3.05, 3.63) is 0 Å². The van der Waals surface area contributed by atoms with E-state index in [1.165, 1.54) is 0 Å². The van der Waals surface area contributed by atoms with Crippen LogP contribution in [0.15, 0.2) is 0 Å². The molecule has 0 heterocycles. The van der Waals surface area contributed by atoms with Crippen LogP contribution in [0.3, 0.4) is 0 Å². The smallest absolute Gasteiger partial charge is 2.00 e. The van der Waals surface area contributed by atoms with Crippen LogP contribution in [0.1, 0.15) is 6.92 Å². The molecule has 51 valence electrons. The molecule has 0 rings (SSSR count). The van der Waals surface area contributed by atoms with Crippen LogP contribution < -0.4 is 0 Å². The van der Waals surface area contributed by atoms with Crippen molar-refractivity contribution in [2.24, 2.45) is 0 Å². The van der Waals surface area contributed by atoms with Crippen molar-refractivity contribution >= 4 is 5.97 Å². The first kappa shape index (κ1) is 44.9. The van der Waals surface area contributed by atoms with Crippen LogP contribution in [0.5, 0.6) is 0 Å². The molecular formula is C2H7CrO5. The molecule has 0 unspecified atom stereocenters. The number of hydrogen-bond donors (Lipinski definition) is 1. The molecule has 8 heavy (non-hydrogen) atoms. The van der Waals surface area contributed by atoms with E-state index >= 15 is 0 Å². The molecule has 4 N–H and O–H groups in total. The second-order valence-corrected chi connectivity index (χ2v) is 0.519. The van der Waals surface area contributed by atoms with Gasteiger partial charge < -0.3 is 21.5 Å². The summed E-state index contributed by atoms with van der Waals surface area (Å²) in [6, 6.07) is 0. The van der Waals surface area contributed by atoms with Crippen LogP contribution in [0, 0.1) is 0 Å². The van der Waals surface area contributed by atoms with E-state index < -0.39 is 5.97 Å². The maximum Gasteiger partial charge on any atom is 3.00 e. The summed E-state index contributed by atoms with van der Waals surface area (Å²) in [5, 5.41) is 7.42. The summed E-state index contributed by atoms with van der Waals surface area (Å²) in [4.78, 5) is 9.00. The van der Waals surface area contributed by atoms with Gasteiger partial charge in [-0.3, -0.25) is 4.79 Å². The zero-order valence-electron chi connectivity index (χ0n) is 4.12. The molecule has 6 heteroatoms. The van der Waals surface area contributed by atoms with Crippen molar-refractivity contribution in [2.45, 2.75) is 6.92 Å². The van der Waals surface area contributed by atoms with Gasteiger partial charge in [0, 0.05) is 6.92 Å². The van der Waals surface area contributed by atoms with Crippen LogP contribution in [0.4, 0.5) is 0 Å². The Morgan fingerprint density at radius 2 is 1.50 bits per heavy atom. The second kappa shape index (κ2) is 28.7. The van der Waals surface area contributed by atoms with Gasteiger partial charge in [-0.2, -0.15) is 0 Å². The fourth-order valence-electron chi connectivity index (χ4n) is 0. The van der Waals surface area contributed by atoms with Crippen molar-refractivity contribution in [1.82, 2.24) is 0 Å². The Kier molecular flexibility index (Phi) is 161. The minimum Gasteiger partial charge on any atom is -2.00 e. The van der Waals surface area contributed by atoms with Crippen molar-refractivity contribution in [2.75, 3.05) is 0 Å². The summed E-state index contributed by atoms with van der Waals surface area (Å²) < 4.78 is 0. The minimum atomic E-state index is -0.833. The number of carboxylic acid groups (broad SMARTS) is 1. The van der Waals surface area contributed by atoms with Gasteiger partial charge in [0.1, 0.15) is 0 Å². The maximum atomic E-state index is 9.00. The predicted octanol–water partition coefficient (Wildman–Crippen LogP) is -1.03. The summed E-state index contributed by atoms with van der Waals surface area (Å²) in [7, 11) is 0. The summed E-state index contributed by atoms with van der Waals surface area (Å²) in [6.07, 6.45) is 0. The van der Waals surface area contributed by atoms with E-state index in [1.54, 1.807) is 0 Å². The topological polar surface area (TPSA) is 127 Å². The van der Waals surface area contributed by atoms with Crippen molar-refractivity contribution in [3.8, 4) is 0 Å². The molecular weight excluding hydrogens is 156 g/mol. The second-order valence-electron chi connectivity index (χ2n) is 0.519. The molecule has 1 radical (unpaired) electrons. The number of rotatable bonds is 0. The Bertz CT molecular complexity index is 33.4. The van der Waals surface area contributed by atoms with Crippen molar-refractivity contribution in [3.63, 3.8) is 0 Å². The van der Waals surface area contributed by atoms with Crippen LogP contribution in [-0.2, 0) is 27.6 Å². The number of carboxylic acids is 1. The Hall–Kier alpha value is -0.118. The molecule has 0 saturated carbocycles. The zero-order chi connectivity index (χ0) is 3.58. The minimum absolute atomic E-state index is 0. The fraction of sp³-hybridized carbons (Fsp3) is 0.500. The summed E-state index contributed by atoms with van der Waals surface area (Å²) in [5.74, 6) is -0.833. The SMILES string of the molecule is CC(=O)O.O.[Cr+3].[O-2].[OH-]. The molecule has 0 aliphatic heterocycles. The summed E-state index contributed by atoms with van der Waals surface area (Å²) in [5.41, 5.74) is 0. The first-order chi connectivity index (χ1) is 1.73. The molecule has 0 amide bonds. The fourth-order valence-corrected chi connectivity index (χ4v) is 0. The average molecular weight is 163 g/mol. The van der Waals surface area contributed by atoms with Gasteiger partial charge in [-0.05, 0) is 0 Å². The van der Waals surface area contributed by atoms with Gasteiger partial charge in [0.05, 0.1) is 0 Å². The molecule has 0 bridgehead atoms. The van der Waals surface area contributed by atoms with E-state index in [9.17, 15) is 0 Å². The van der Waals surface area contributed by atoms with Crippen molar-refractivity contribution in [1.29, 1.82) is 0 Å². The van der Waals surface area contributed by atoms with E-state index in [-0.39, 0.29) is 33.8 Å². The molecule has 0 saturated heterocycles. The molecule has 0 aromatic rings. The van der Waals surface area contributed by atoms with Gasteiger partial charge >= 0.3 is 17.4 Å². The molecule has 0 fully saturated rings. The number of hydrogen-bond acceptors (Lipinski definition) is 2. The number of carbonyl (C=O) groups is 1. The van der Waals surface area contributed by atoms with Crippen LogP contribution >= 0.6 is 0 Å². The van der Waals surface area contributed by atoms with E-state index in [4.69, 9.17) is 9.90 Å². The van der Waals surface area contributed by atoms with E-state index in [1.807, 2.05) is 0 Å². The van der Waals surface area contributed by atoms with Gasteiger partial charge in [-0.1, -0.05) is 0 Å². The van der Waals surface area contributed by atoms with E-state index in [2.05, 4.69) is 0 Å². The largest absolute Gasteiger partial charge is 3.00 e. The van der Waals surface area contributed by atoms with Crippen molar-refractivity contribution < 1.29 is 43.7 Å². The van der Waals surface area contributed by atoms with Gasteiger partial charge in [0.15, 0.2) is 0 Å². The van der Waals surface area contributed by atoms with E-state index in [0.29, 0.717) is 0 Å². The van der Waals surface area contributed by atoms with Crippen LogP contribution in [0.2, 0.25) is 0 Å². The molecule has 0 aliphatic rings. The Morgan fingerprint density at radius 3 is 1.50 bits per heavy atom. The van der Waals surface area contributed by atoms with Gasteiger partial charge in [-0.25, -0.2) is 0 Å². The quantitative estimate of drug-likeness (QED) is 0.490. The third kappa shape index (κ3) is 10200. The molecule has 0 aliphatic carbocycles. The van der Waals surface area contributed by atoms with Gasteiger partial charge in [0.25, 0.3) is 5.97 Å². The monoisotopic (exact) mass is 163 g/mol. The maximum absolute atomic E-state index is 9.00. The van der Waals surface area contributed by atoms with E-state index in [0.717, 1.165) is 6.92 Å². The standard InChI is InChI=1S/C2H4O2.Cr.2H2O.O/c1-2(3)4;;;;/h1H3,(H,3,4);;2*1H2;/q;+3;;;-2/p-1. The van der Waals surface area contributed by atoms with Crippen LogP contribution in [-0.4, -0.2) is 22.0 Å². The average Bonchev–Trinajstić information content (AvgIpc) is 0.811. The van der Waals surface area contributed by atoms with Crippen LogP contribution in [0.25, 0.3) is 0 Å². The first-order valence-corrected chi connectivity index (χ1v) is 0.928. The summed E-state index contributed by atoms with van der Waals surface area (Å²) >= 11 is 0.